The molecule has 1 aromatic carbocycles. The molecule has 1 aromatic rings. The van der Waals surface area contributed by atoms with Crippen molar-refractivity contribution >= 4 is 5.69 Å². The van der Waals surface area contributed by atoms with Gasteiger partial charge in [0.25, 0.3) is 0 Å². The summed E-state index contributed by atoms with van der Waals surface area (Å²) in [4.78, 5) is 4.01. The molecular weight excluding hydrogens is 217 g/mol. The molecule has 0 saturated carbocycles. The molecule has 0 bridgehead atoms. The molecule has 0 aliphatic carbocycles. The smallest absolute Gasteiger partial charge is 0.146 e. The van der Waals surface area contributed by atoms with Gasteiger partial charge in [0.1, 0.15) is 5.82 Å². The highest BCUT2D eigenvalue weighted by atomic mass is 19.1. The van der Waals surface area contributed by atoms with E-state index in [1.165, 1.54) is 0 Å². The lowest BCUT2D eigenvalue weighted by atomic mass is 10.1. The molecule has 0 aromatic heterocycles. The number of halogens is 1. The third-order valence-electron chi connectivity index (χ3n) is 2.62. The predicted molar refractivity (Wildman–Crippen MR) is 71.0 cm³/mol. The van der Waals surface area contributed by atoms with Gasteiger partial charge in [-0.05, 0) is 38.8 Å². The van der Waals surface area contributed by atoms with Crippen molar-refractivity contribution in [2.45, 2.75) is 6.54 Å². The fourth-order valence-electron chi connectivity index (χ4n) is 1.71. The van der Waals surface area contributed by atoms with Crippen LogP contribution in [0.5, 0.6) is 0 Å². The number of nitrogens with zero attached hydrogens (tertiary/aromatic N) is 2. The number of benzene rings is 1. The number of nitrogens with one attached hydrogen (secondary N) is 1. The molecule has 0 atom stereocenters. The molecule has 1 N–H and O–H groups in total. The van der Waals surface area contributed by atoms with Crippen LogP contribution in [0.2, 0.25) is 0 Å². The Hall–Kier alpha value is -1.13. The second-order valence-electron chi connectivity index (χ2n) is 4.55. The molecule has 0 amide bonds. The Balaban J connectivity index is 2.82. The van der Waals surface area contributed by atoms with Gasteiger partial charge < -0.3 is 15.1 Å². The Bertz CT molecular complexity index is 353. The summed E-state index contributed by atoms with van der Waals surface area (Å²) in [5.41, 5.74) is 1.79. The Labute approximate surface area is 103 Å². The number of rotatable bonds is 6. The van der Waals surface area contributed by atoms with Crippen LogP contribution >= 0.6 is 0 Å². The van der Waals surface area contributed by atoms with Gasteiger partial charge in [0.05, 0.1) is 5.69 Å². The summed E-state index contributed by atoms with van der Waals surface area (Å²) in [6.07, 6.45) is 0. The maximum atomic E-state index is 13.7. The maximum Gasteiger partial charge on any atom is 0.146 e. The summed E-state index contributed by atoms with van der Waals surface area (Å²) in [6, 6.07) is 5.31. The zero-order valence-corrected chi connectivity index (χ0v) is 11.1. The molecular formula is C13H22FN3. The molecule has 0 heterocycles. The number of likely N-dealkylation sites (N-methyl/N-ethyl adjacent to an activating group) is 2. The van der Waals surface area contributed by atoms with E-state index in [9.17, 15) is 4.39 Å². The molecule has 4 heteroatoms. The van der Waals surface area contributed by atoms with E-state index in [4.69, 9.17) is 0 Å². The number of hydrogen-bond acceptors (Lipinski definition) is 3. The summed E-state index contributed by atoms with van der Waals surface area (Å²) in [5.74, 6) is -0.161. The SMILES string of the molecule is CNCCN(C)c1cc(CN(C)C)ccc1F. The molecule has 1 rings (SSSR count). The van der Waals surface area contributed by atoms with Crippen LogP contribution in [0.4, 0.5) is 10.1 Å². The predicted octanol–water partition coefficient (Wildman–Crippen LogP) is 1.54. The average molecular weight is 239 g/mol. The van der Waals surface area contributed by atoms with Crippen molar-refractivity contribution in [2.24, 2.45) is 0 Å². The monoisotopic (exact) mass is 239 g/mol. The number of anilines is 1. The van der Waals surface area contributed by atoms with Crippen LogP contribution in [-0.2, 0) is 6.54 Å². The quantitative estimate of drug-likeness (QED) is 0.812. The Morgan fingerprint density at radius 2 is 1.94 bits per heavy atom. The van der Waals surface area contributed by atoms with Crippen molar-refractivity contribution in [3.8, 4) is 0 Å². The van der Waals surface area contributed by atoms with E-state index in [0.29, 0.717) is 5.69 Å². The summed E-state index contributed by atoms with van der Waals surface area (Å²) in [6.45, 7) is 2.46. The molecule has 0 saturated heterocycles. The third kappa shape index (κ3) is 4.32. The largest absolute Gasteiger partial charge is 0.371 e. The molecule has 0 unspecified atom stereocenters. The van der Waals surface area contributed by atoms with Crippen molar-refractivity contribution in [3.05, 3.63) is 29.6 Å². The van der Waals surface area contributed by atoms with E-state index in [-0.39, 0.29) is 5.82 Å². The maximum absolute atomic E-state index is 13.7. The highest BCUT2D eigenvalue weighted by molar-refractivity contribution is 5.49. The van der Waals surface area contributed by atoms with E-state index >= 15 is 0 Å². The van der Waals surface area contributed by atoms with Crippen LogP contribution < -0.4 is 10.2 Å². The van der Waals surface area contributed by atoms with Gasteiger partial charge in [-0.3, -0.25) is 0 Å². The van der Waals surface area contributed by atoms with E-state index in [1.807, 2.05) is 45.2 Å². The lowest BCUT2D eigenvalue weighted by Gasteiger charge is -2.21. The Kier molecular flexibility index (Phi) is 5.38. The fraction of sp³-hybridized carbons (Fsp3) is 0.538. The van der Waals surface area contributed by atoms with Gasteiger partial charge in [0, 0.05) is 26.7 Å². The van der Waals surface area contributed by atoms with Crippen LogP contribution in [0.15, 0.2) is 18.2 Å². The Morgan fingerprint density at radius 3 is 2.53 bits per heavy atom. The number of hydrogen-bond donors (Lipinski definition) is 1. The van der Waals surface area contributed by atoms with Gasteiger partial charge in [0.15, 0.2) is 0 Å². The molecule has 96 valence electrons. The van der Waals surface area contributed by atoms with E-state index in [1.54, 1.807) is 6.07 Å². The Morgan fingerprint density at radius 1 is 1.24 bits per heavy atom. The first-order valence-corrected chi connectivity index (χ1v) is 5.83. The second kappa shape index (κ2) is 6.57. The van der Waals surface area contributed by atoms with Gasteiger partial charge in [-0.1, -0.05) is 6.07 Å². The summed E-state index contributed by atoms with van der Waals surface area (Å²) >= 11 is 0. The molecule has 0 radical (unpaired) electrons. The van der Waals surface area contributed by atoms with Gasteiger partial charge in [-0.15, -0.1) is 0 Å². The van der Waals surface area contributed by atoms with Gasteiger partial charge in [0.2, 0.25) is 0 Å². The second-order valence-corrected chi connectivity index (χ2v) is 4.55. The van der Waals surface area contributed by atoms with Gasteiger partial charge >= 0.3 is 0 Å². The van der Waals surface area contributed by atoms with E-state index in [0.717, 1.165) is 25.2 Å². The molecule has 0 spiro atoms. The summed E-state index contributed by atoms with van der Waals surface area (Å²) < 4.78 is 13.7. The first-order chi connectivity index (χ1) is 8.04. The minimum Gasteiger partial charge on any atom is -0.371 e. The summed E-state index contributed by atoms with van der Waals surface area (Å²) in [7, 11) is 7.82. The van der Waals surface area contributed by atoms with Crippen LogP contribution in [0.25, 0.3) is 0 Å². The zero-order chi connectivity index (χ0) is 12.8. The van der Waals surface area contributed by atoms with Crippen molar-refractivity contribution in [1.82, 2.24) is 10.2 Å². The molecule has 0 fully saturated rings. The van der Waals surface area contributed by atoms with E-state index < -0.39 is 0 Å². The highest BCUT2D eigenvalue weighted by Gasteiger charge is 2.08. The highest BCUT2D eigenvalue weighted by Crippen LogP contribution is 2.20. The van der Waals surface area contributed by atoms with Gasteiger partial charge in [-0.25, -0.2) is 4.39 Å². The van der Waals surface area contributed by atoms with Crippen LogP contribution in [0.1, 0.15) is 5.56 Å². The molecule has 17 heavy (non-hydrogen) atoms. The minimum absolute atomic E-state index is 0.161. The van der Waals surface area contributed by atoms with Crippen LogP contribution in [0.3, 0.4) is 0 Å². The molecule has 3 nitrogen and oxygen atoms in total. The summed E-state index contributed by atoms with van der Waals surface area (Å²) in [5, 5.41) is 3.06. The average Bonchev–Trinajstić information content (AvgIpc) is 2.28. The zero-order valence-electron chi connectivity index (χ0n) is 11.1. The van der Waals surface area contributed by atoms with Crippen molar-refractivity contribution in [1.29, 1.82) is 0 Å². The van der Waals surface area contributed by atoms with Crippen molar-refractivity contribution in [3.63, 3.8) is 0 Å². The van der Waals surface area contributed by atoms with E-state index in [2.05, 4.69) is 10.2 Å². The minimum atomic E-state index is -0.161. The molecule has 0 aliphatic rings. The molecule has 0 aliphatic heterocycles. The van der Waals surface area contributed by atoms with Crippen LogP contribution in [-0.4, -0.2) is 46.2 Å². The first-order valence-electron chi connectivity index (χ1n) is 5.83. The topological polar surface area (TPSA) is 18.5 Å². The third-order valence-corrected chi connectivity index (χ3v) is 2.62. The van der Waals surface area contributed by atoms with Crippen LogP contribution in [0, 0.1) is 5.82 Å². The van der Waals surface area contributed by atoms with Crippen molar-refractivity contribution < 1.29 is 4.39 Å². The lowest BCUT2D eigenvalue weighted by Crippen LogP contribution is -2.27. The fourth-order valence-corrected chi connectivity index (χ4v) is 1.71. The normalized spacial score (nSPS) is 10.9. The first kappa shape index (κ1) is 13.9. The standard InChI is InChI=1S/C13H22FN3/c1-15-7-8-17(4)13-9-11(10-16(2)3)5-6-12(13)14/h5-6,9,15H,7-8,10H2,1-4H3. The van der Waals surface area contributed by atoms with Gasteiger partial charge in [-0.2, -0.15) is 0 Å². The van der Waals surface area contributed by atoms with Crippen molar-refractivity contribution in [2.75, 3.05) is 46.2 Å². The lowest BCUT2D eigenvalue weighted by molar-refractivity contribution is 0.402.